The minimum absolute atomic E-state index is 0.0589. The first-order valence-corrected chi connectivity index (χ1v) is 14.5. The fourth-order valence-corrected chi connectivity index (χ4v) is 5.58. The maximum atomic E-state index is 13.4. The zero-order valence-electron chi connectivity index (χ0n) is 22.8. The molecule has 1 aliphatic heterocycles. The van der Waals surface area contributed by atoms with E-state index in [9.17, 15) is 14.4 Å². The number of nitrogens with zero attached hydrogens (tertiary/aromatic N) is 1. The molecule has 0 saturated heterocycles. The van der Waals surface area contributed by atoms with Gasteiger partial charge in [-0.15, -0.1) is 11.8 Å². The largest absolute Gasteiger partial charge is 0.321 e. The lowest BCUT2D eigenvalue weighted by atomic mass is 10.0. The van der Waals surface area contributed by atoms with Gasteiger partial charge in [-0.05, 0) is 73.4 Å². The predicted octanol–water partition coefficient (Wildman–Crippen LogP) is 6.48. The SMILES string of the molecule is Cc1cccc(/C=C(\NC(=O)c2ccccc2)C(=O)Nc2cccc(SCC(=O)N3CCCc4ccccc43)c2)c1. The summed E-state index contributed by atoms with van der Waals surface area (Å²) in [7, 11) is 0. The quantitative estimate of drug-likeness (QED) is 0.191. The minimum Gasteiger partial charge on any atom is -0.321 e. The Hall–Kier alpha value is -4.62. The van der Waals surface area contributed by atoms with Gasteiger partial charge in [0.1, 0.15) is 5.70 Å². The Morgan fingerprint density at radius 2 is 1.66 bits per heavy atom. The number of nitrogens with one attached hydrogen (secondary N) is 2. The average molecular weight is 562 g/mol. The highest BCUT2D eigenvalue weighted by Crippen LogP contribution is 2.29. The van der Waals surface area contributed by atoms with E-state index in [0.29, 0.717) is 11.3 Å². The van der Waals surface area contributed by atoms with Crippen LogP contribution in [0.15, 0.2) is 114 Å². The molecule has 0 fully saturated rings. The van der Waals surface area contributed by atoms with Crippen LogP contribution in [0.3, 0.4) is 0 Å². The molecule has 5 rings (SSSR count). The molecule has 0 unspecified atom stereocenters. The number of para-hydroxylation sites is 1. The topological polar surface area (TPSA) is 78.5 Å². The summed E-state index contributed by atoms with van der Waals surface area (Å²) < 4.78 is 0. The van der Waals surface area contributed by atoms with E-state index in [4.69, 9.17) is 0 Å². The summed E-state index contributed by atoms with van der Waals surface area (Å²) in [5.74, 6) is -0.471. The molecule has 4 aromatic carbocycles. The molecular formula is C34H31N3O3S. The lowest BCUT2D eigenvalue weighted by Crippen LogP contribution is -2.36. The van der Waals surface area contributed by atoms with Gasteiger partial charge in [-0.1, -0.05) is 72.3 Å². The van der Waals surface area contributed by atoms with Gasteiger partial charge in [-0.25, -0.2) is 0 Å². The number of carbonyl (C=O) groups is 3. The summed E-state index contributed by atoms with van der Waals surface area (Å²) in [6.07, 6.45) is 3.60. The summed E-state index contributed by atoms with van der Waals surface area (Å²) in [4.78, 5) is 42.1. The smallest absolute Gasteiger partial charge is 0.272 e. The van der Waals surface area contributed by atoms with Crippen molar-refractivity contribution in [2.75, 3.05) is 22.5 Å². The number of hydrogen-bond acceptors (Lipinski definition) is 4. The molecule has 7 heteroatoms. The van der Waals surface area contributed by atoms with Crippen molar-refractivity contribution in [2.45, 2.75) is 24.7 Å². The number of hydrogen-bond donors (Lipinski definition) is 2. The lowest BCUT2D eigenvalue weighted by Gasteiger charge is -2.29. The molecule has 2 N–H and O–H groups in total. The second kappa shape index (κ2) is 13.2. The van der Waals surface area contributed by atoms with E-state index >= 15 is 0 Å². The monoisotopic (exact) mass is 561 g/mol. The number of thioether (sulfide) groups is 1. The van der Waals surface area contributed by atoms with Gasteiger partial charge in [0.2, 0.25) is 5.91 Å². The van der Waals surface area contributed by atoms with Crippen molar-refractivity contribution in [3.05, 3.63) is 131 Å². The number of benzene rings is 4. The Morgan fingerprint density at radius 1 is 0.878 bits per heavy atom. The first kappa shape index (κ1) is 27.9. The Balaban J connectivity index is 1.28. The van der Waals surface area contributed by atoms with E-state index in [1.807, 2.05) is 78.6 Å². The van der Waals surface area contributed by atoms with Crippen molar-refractivity contribution in [3.8, 4) is 0 Å². The molecular weight excluding hydrogens is 530 g/mol. The molecule has 0 bridgehead atoms. The third kappa shape index (κ3) is 7.32. The highest BCUT2D eigenvalue weighted by atomic mass is 32.2. The number of rotatable bonds is 8. The number of carbonyl (C=O) groups excluding carboxylic acids is 3. The summed E-state index contributed by atoms with van der Waals surface area (Å²) in [6, 6.07) is 31.9. The van der Waals surface area contributed by atoms with Crippen LogP contribution in [0.5, 0.6) is 0 Å². The van der Waals surface area contributed by atoms with E-state index < -0.39 is 5.91 Å². The van der Waals surface area contributed by atoms with Gasteiger partial charge in [-0.3, -0.25) is 14.4 Å². The van der Waals surface area contributed by atoms with Crippen LogP contribution in [0.2, 0.25) is 0 Å². The molecule has 1 aliphatic rings. The van der Waals surface area contributed by atoms with Crippen LogP contribution in [0.1, 0.15) is 33.5 Å². The van der Waals surface area contributed by atoms with Crippen molar-refractivity contribution in [1.29, 1.82) is 0 Å². The summed E-state index contributed by atoms with van der Waals surface area (Å²) in [5, 5.41) is 5.68. The van der Waals surface area contributed by atoms with Gasteiger partial charge >= 0.3 is 0 Å². The molecule has 3 amide bonds. The Bertz CT molecular complexity index is 1600. The minimum atomic E-state index is -0.445. The van der Waals surface area contributed by atoms with E-state index in [2.05, 4.69) is 16.7 Å². The van der Waals surface area contributed by atoms with Crippen molar-refractivity contribution in [2.24, 2.45) is 0 Å². The predicted molar refractivity (Wildman–Crippen MR) is 166 cm³/mol. The van der Waals surface area contributed by atoms with Gasteiger partial charge in [-0.2, -0.15) is 0 Å². The molecule has 0 aromatic heterocycles. The number of anilines is 2. The Morgan fingerprint density at radius 3 is 2.49 bits per heavy atom. The fraction of sp³-hybridized carbons (Fsp3) is 0.147. The van der Waals surface area contributed by atoms with E-state index in [0.717, 1.165) is 41.1 Å². The molecule has 0 atom stereocenters. The molecule has 1 heterocycles. The van der Waals surface area contributed by atoms with Crippen molar-refractivity contribution in [1.82, 2.24) is 5.32 Å². The molecule has 0 saturated carbocycles. The van der Waals surface area contributed by atoms with Gasteiger partial charge in [0.05, 0.1) is 5.75 Å². The molecule has 0 radical (unpaired) electrons. The molecule has 41 heavy (non-hydrogen) atoms. The van der Waals surface area contributed by atoms with Crippen molar-refractivity contribution in [3.63, 3.8) is 0 Å². The van der Waals surface area contributed by atoms with Crippen LogP contribution in [-0.2, 0) is 16.0 Å². The van der Waals surface area contributed by atoms with Crippen LogP contribution >= 0.6 is 11.8 Å². The first-order valence-electron chi connectivity index (χ1n) is 13.5. The summed E-state index contributed by atoms with van der Waals surface area (Å²) in [5.41, 5.74) is 5.19. The highest BCUT2D eigenvalue weighted by molar-refractivity contribution is 8.00. The number of fused-ring (bicyclic) bond motifs is 1. The fourth-order valence-electron chi connectivity index (χ4n) is 4.75. The molecule has 206 valence electrons. The number of amides is 3. The van der Waals surface area contributed by atoms with Crippen LogP contribution in [-0.4, -0.2) is 30.0 Å². The summed E-state index contributed by atoms with van der Waals surface area (Å²) in [6.45, 7) is 2.69. The van der Waals surface area contributed by atoms with E-state index in [1.54, 1.807) is 36.4 Å². The first-order chi connectivity index (χ1) is 20.0. The van der Waals surface area contributed by atoms with Gasteiger partial charge < -0.3 is 15.5 Å². The maximum Gasteiger partial charge on any atom is 0.272 e. The average Bonchev–Trinajstić information content (AvgIpc) is 3.00. The Kier molecular flexibility index (Phi) is 8.96. The van der Waals surface area contributed by atoms with Crippen LogP contribution in [0, 0.1) is 6.92 Å². The van der Waals surface area contributed by atoms with E-state index in [-0.39, 0.29) is 23.3 Å². The van der Waals surface area contributed by atoms with Crippen molar-refractivity contribution >= 4 is 46.9 Å². The van der Waals surface area contributed by atoms with Gasteiger partial charge in [0, 0.05) is 28.4 Å². The van der Waals surface area contributed by atoms with Gasteiger partial charge in [0.15, 0.2) is 0 Å². The molecule has 6 nitrogen and oxygen atoms in total. The standard InChI is InChI=1S/C34H31N3O3S/c1-24-10-7-11-25(20-24)21-30(36-33(39)27-13-3-2-4-14-27)34(40)35-28-16-8-17-29(22-28)41-23-32(38)37-19-9-15-26-12-5-6-18-31(26)37/h2-8,10-14,16-18,20-22H,9,15,19,23H2,1H3,(H,35,40)(H,36,39)/b30-21-. The Labute approximate surface area is 244 Å². The van der Waals surface area contributed by atoms with Crippen LogP contribution in [0.4, 0.5) is 11.4 Å². The van der Waals surface area contributed by atoms with Crippen molar-refractivity contribution < 1.29 is 14.4 Å². The normalized spacial score (nSPS) is 12.8. The van der Waals surface area contributed by atoms with Crippen LogP contribution in [0.25, 0.3) is 6.08 Å². The van der Waals surface area contributed by atoms with E-state index in [1.165, 1.54) is 17.3 Å². The van der Waals surface area contributed by atoms with Gasteiger partial charge in [0.25, 0.3) is 11.8 Å². The second-order valence-corrected chi connectivity index (χ2v) is 10.9. The third-order valence-corrected chi connectivity index (χ3v) is 7.73. The summed E-state index contributed by atoms with van der Waals surface area (Å²) >= 11 is 1.43. The molecule has 0 aliphatic carbocycles. The molecule has 0 spiro atoms. The van der Waals surface area contributed by atoms with Crippen LogP contribution < -0.4 is 15.5 Å². The highest BCUT2D eigenvalue weighted by Gasteiger charge is 2.22. The molecule has 4 aromatic rings. The third-order valence-electron chi connectivity index (χ3n) is 6.75. The maximum absolute atomic E-state index is 13.4. The zero-order chi connectivity index (χ0) is 28.6. The number of aryl methyl sites for hydroxylation is 2. The second-order valence-electron chi connectivity index (χ2n) is 9.84. The lowest BCUT2D eigenvalue weighted by molar-refractivity contribution is -0.116. The zero-order valence-corrected chi connectivity index (χ0v) is 23.6.